The number of fused-ring (bicyclic) bond motifs is 3. The number of guanidine groups is 1. The Morgan fingerprint density at radius 1 is 1.20 bits per heavy atom. The molecule has 3 heteroatoms. The summed E-state index contributed by atoms with van der Waals surface area (Å²) in [6, 6.07) is 11.0. The predicted octanol–water partition coefficient (Wildman–Crippen LogP) is 3.53. The van der Waals surface area contributed by atoms with Crippen molar-refractivity contribution in [3.63, 3.8) is 0 Å². The molecule has 1 saturated carbocycles. The molecule has 2 aliphatic rings. The molecule has 0 bridgehead atoms. The lowest BCUT2D eigenvalue weighted by molar-refractivity contribution is 0.822. The Hall–Kier alpha value is -2.03. The van der Waals surface area contributed by atoms with Crippen LogP contribution in [0.15, 0.2) is 30.3 Å². The van der Waals surface area contributed by atoms with Gasteiger partial charge in [-0.25, -0.2) is 0 Å². The van der Waals surface area contributed by atoms with E-state index >= 15 is 0 Å². The molecule has 3 nitrogen and oxygen atoms in total. The summed E-state index contributed by atoms with van der Waals surface area (Å²) >= 11 is 0. The summed E-state index contributed by atoms with van der Waals surface area (Å²) in [4.78, 5) is 1.92. The molecule has 2 aromatic rings. The number of nitrogens with two attached hydrogens (primary N) is 1. The van der Waals surface area contributed by atoms with Crippen LogP contribution in [0.25, 0.3) is 10.8 Å². The second kappa shape index (κ2) is 3.98. The number of hydrogen-bond acceptors (Lipinski definition) is 1. The van der Waals surface area contributed by atoms with Crippen molar-refractivity contribution in [2.45, 2.75) is 31.6 Å². The predicted molar refractivity (Wildman–Crippen MR) is 83.6 cm³/mol. The van der Waals surface area contributed by atoms with Crippen molar-refractivity contribution >= 4 is 22.4 Å². The molecule has 2 aromatic carbocycles. The number of rotatable bonds is 1. The third-order valence-electron chi connectivity index (χ3n) is 4.66. The standard InChI is InChI=1S/C17H19N3/c1-10-9-20(17(18)19)15-8-7-13-12(11-5-6-11)3-2-4-14(13)16(10)15/h2-4,7-8,10-11H,5-6,9H2,1H3,(H3,18,19). The Bertz CT molecular complexity index is 715. The molecule has 1 heterocycles. The molecule has 1 aliphatic heterocycles. The molecule has 1 fully saturated rings. The van der Waals surface area contributed by atoms with Gasteiger partial charge in [-0.3, -0.25) is 5.41 Å². The van der Waals surface area contributed by atoms with Gasteiger partial charge in [0.1, 0.15) is 0 Å². The summed E-state index contributed by atoms with van der Waals surface area (Å²) in [5, 5.41) is 10.5. The fourth-order valence-corrected chi connectivity index (χ4v) is 3.59. The molecule has 3 N–H and O–H groups in total. The number of nitrogens with one attached hydrogen (secondary N) is 1. The topological polar surface area (TPSA) is 53.1 Å². The molecular formula is C17H19N3. The lowest BCUT2D eigenvalue weighted by Gasteiger charge is -2.17. The minimum atomic E-state index is 0.147. The highest BCUT2D eigenvalue weighted by atomic mass is 15.2. The molecule has 1 atom stereocenters. The number of nitrogens with zero attached hydrogens (tertiary/aromatic N) is 1. The van der Waals surface area contributed by atoms with Gasteiger partial charge in [0.15, 0.2) is 5.96 Å². The van der Waals surface area contributed by atoms with Crippen molar-refractivity contribution in [3.8, 4) is 0 Å². The Morgan fingerprint density at radius 2 is 2.00 bits per heavy atom. The van der Waals surface area contributed by atoms with Crippen molar-refractivity contribution in [1.82, 2.24) is 0 Å². The smallest absolute Gasteiger partial charge is 0.192 e. The van der Waals surface area contributed by atoms with E-state index in [0.717, 1.165) is 18.2 Å². The van der Waals surface area contributed by atoms with Crippen LogP contribution in [0, 0.1) is 5.41 Å². The third-order valence-corrected chi connectivity index (χ3v) is 4.66. The van der Waals surface area contributed by atoms with E-state index in [1.54, 1.807) is 0 Å². The van der Waals surface area contributed by atoms with Gasteiger partial charge in [0.25, 0.3) is 0 Å². The highest BCUT2D eigenvalue weighted by molar-refractivity contribution is 6.01. The summed E-state index contributed by atoms with van der Waals surface area (Å²) in [6.45, 7) is 3.04. The van der Waals surface area contributed by atoms with E-state index in [4.69, 9.17) is 11.1 Å². The molecule has 0 aromatic heterocycles. The first-order valence-corrected chi connectivity index (χ1v) is 7.34. The Morgan fingerprint density at radius 3 is 2.70 bits per heavy atom. The molecule has 20 heavy (non-hydrogen) atoms. The summed E-state index contributed by atoms with van der Waals surface area (Å²) in [6.07, 6.45) is 2.65. The minimum Gasteiger partial charge on any atom is -0.370 e. The second-order valence-electron chi connectivity index (χ2n) is 6.11. The normalized spacial score (nSPS) is 21.2. The van der Waals surface area contributed by atoms with Crippen LogP contribution in [0.5, 0.6) is 0 Å². The van der Waals surface area contributed by atoms with Crippen molar-refractivity contribution in [2.24, 2.45) is 5.73 Å². The van der Waals surface area contributed by atoms with Gasteiger partial charge in [-0.1, -0.05) is 31.2 Å². The van der Waals surface area contributed by atoms with Crippen LogP contribution >= 0.6 is 0 Å². The van der Waals surface area contributed by atoms with Gasteiger partial charge in [0.2, 0.25) is 0 Å². The first kappa shape index (κ1) is 11.8. The monoisotopic (exact) mass is 265 g/mol. The Balaban J connectivity index is 1.98. The van der Waals surface area contributed by atoms with Crippen LogP contribution in [0.3, 0.4) is 0 Å². The first-order valence-electron chi connectivity index (χ1n) is 7.34. The zero-order valence-electron chi connectivity index (χ0n) is 11.7. The zero-order valence-corrected chi connectivity index (χ0v) is 11.7. The van der Waals surface area contributed by atoms with Gasteiger partial charge in [0.05, 0.1) is 0 Å². The molecule has 1 aliphatic carbocycles. The highest BCUT2D eigenvalue weighted by Gasteiger charge is 2.31. The van der Waals surface area contributed by atoms with Crippen molar-refractivity contribution < 1.29 is 0 Å². The van der Waals surface area contributed by atoms with E-state index in [1.807, 2.05) is 4.90 Å². The zero-order chi connectivity index (χ0) is 13.9. The molecular weight excluding hydrogens is 246 g/mol. The lowest BCUT2D eigenvalue weighted by Crippen LogP contribution is -2.35. The number of anilines is 1. The van der Waals surface area contributed by atoms with Gasteiger partial charge in [-0.2, -0.15) is 0 Å². The Kier molecular flexibility index (Phi) is 2.34. The van der Waals surface area contributed by atoms with Crippen molar-refractivity contribution in [1.29, 1.82) is 5.41 Å². The summed E-state index contributed by atoms with van der Waals surface area (Å²) in [5.41, 5.74) is 9.69. The number of benzene rings is 2. The van der Waals surface area contributed by atoms with Crippen LogP contribution in [-0.4, -0.2) is 12.5 Å². The molecule has 102 valence electrons. The highest BCUT2D eigenvalue weighted by Crippen LogP contribution is 2.46. The van der Waals surface area contributed by atoms with Crippen LogP contribution in [-0.2, 0) is 0 Å². The lowest BCUT2D eigenvalue weighted by atomic mass is 9.92. The minimum absolute atomic E-state index is 0.147. The van der Waals surface area contributed by atoms with Gasteiger partial charge >= 0.3 is 0 Å². The first-order chi connectivity index (χ1) is 9.66. The fraction of sp³-hybridized carbons (Fsp3) is 0.353. The molecule has 4 rings (SSSR count). The SMILES string of the molecule is CC1CN(C(=N)N)c2ccc3c(C4CC4)cccc3c21. The largest absolute Gasteiger partial charge is 0.370 e. The van der Waals surface area contributed by atoms with Crippen molar-refractivity contribution in [2.75, 3.05) is 11.4 Å². The van der Waals surface area contributed by atoms with Crippen LogP contribution in [0.2, 0.25) is 0 Å². The van der Waals surface area contributed by atoms with E-state index < -0.39 is 0 Å². The fourth-order valence-electron chi connectivity index (χ4n) is 3.59. The molecule has 0 amide bonds. The molecule has 0 saturated heterocycles. The van der Waals surface area contributed by atoms with Crippen LogP contribution < -0.4 is 10.6 Å². The average molecular weight is 265 g/mol. The van der Waals surface area contributed by atoms with Gasteiger partial charge in [-0.15, -0.1) is 0 Å². The van der Waals surface area contributed by atoms with Crippen LogP contribution in [0.1, 0.15) is 42.7 Å². The summed E-state index contributed by atoms with van der Waals surface area (Å²) in [7, 11) is 0. The third kappa shape index (κ3) is 1.56. The molecule has 0 radical (unpaired) electrons. The van der Waals surface area contributed by atoms with E-state index in [2.05, 4.69) is 37.3 Å². The average Bonchev–Trinajstić information content (AvgIpc) is 3.22. The maximum atomic E-state index is 7.74. The summed E-state index contributed by atoms with van der Waals surface area (Å²) < 4.78 is 0. The molecule has 0 spiro atoms. The van der Waals surface area contributed by atoms with E-state index in [1.165, 1.54) is 34.7 Å². The van der Waals surface area contributed by atoms with E-state index in [9.17, 15) is 0 Å². The van der Waals surface area contributed by atoms with Gasteiger partial charge in [-0.05, 0) is 46.7 Å². The maximum Gasteiger partial charge on any atom is 0.192 e. The quantitative estimate of drug-likeness (QED) is 0.612. The van der Waals surface area contributed by atoms with E-state index in [0.29, 0.717) is 5.92 Å². The second-order valence-corrected chi connectivity index (χ2v) is 6.11. The Labute approximate surface area is 118 Å². The summed E-state index contributed by atoms with van der Waals surface area (Å²) in [5.74, 6) is 1.33. The number of hydrogen-bond donors (Lipinski definition) is 2. The maximum absolute atomic E-state index is 7.74. The van der Waals surface area contributed by atoms with Gasteiger partial charge in [0, 0.05) is 18.2 Å². The van der Waals surface area contributed by atoms with Gasteiger partial charge < -0.3 is 10.6 Å². The van der Waals surface area contributed by atoms with E-state index in [-0.39, 0.29) is 5.96 Å². The van der Waals surface area contributed by atoms with Crippen molar-refractivity contribution in [3.05, 3.63) is 41.5 Å². The molecule has 1 unspecified atom stereocenters. The van der Waals surface area contributed by atoms with Crippen LogP contribution in [0.4, 0.5) is 5.69 Å².